The maximum Gasteiger partial charge on any atom is 0.272 e. The van der Waals surface area contributed by atoms with Gasteiger partial charge >= 0.3 is 0 Å². The van der Waals surface area contributed by atoms with E-state index in [0.29, 0.717) is 18.8 Å². The van der Waals surface area contributed by atoms with Gasteiger partial charge in [0, 0.05) is 31.4 Å². The topological polar surface area (TPSA) is 66.8 Å². The Balaban J connectivity index is 1.54. The quantitative estimate of drug-likeness (QED) is 0.778. The molecule has 0 saturated heterocycles. The van der Waals surface area contributed by atoms with Crippen molar-refractivity contribution in [2.24, 2.45) is 7.05 Å². The van der Waals surface area contributed by atoms with Crippen molar-refractivity contribution in [1.82, 2.24) is 24.9 Å². The molecule has 6 heteroatoms. The summed E-state index contributed by atoms with van der Waals surface area (Å²) in [5.74, 6) is -0.0345. The summed E-state index contributed by atoms with van der Waals surface area (Å²) in [7, 11) is 1.91. The summed E-state index contributed by atoms with van der Waals surface area (Å²) < 4.78 is 1.83. The normalized spacial score (nSPS) is 13.9. The van der Waals surface area contributed by atoms with Gasteiger partial charge in [0.15, 0.2) is 0 Å². The first-order valence-electron chi connectivity index (χ1n) is 9.06. The number of H-pyrrole nitrogens is 1. The van der Waals surface area contributed by atoms with Gasteiger partial charge in [0.1, 0.15) is 5.69 Å². The summed E-state index contributed by atoms with van der Waals surface area (Å²) in [5, 5.41) is 11.7. The van der Waals surface area contributed by atoms with Gasteiger partial charge in [0.25, 0.3) is 5.91 Å². The molecule has 1 amide bonds. The Morgan fingerprint density at radius 1 is 1.19 bits per heavy atom. The highest BCUT2D eigenvalue weighted by atomic mass is 16.2. The fraction of sp³-hybridized carbons (Fsp3) is 0.286. The Bertz CT molecular complexity index is 1060. The van der Waals surface area contributed by atoms with Crippen LogP contribution in [0, 0.1) is 20.8 Å². The van der Waals surface area contributed by atoms with Crippen LogP contribution in [0.15, 0.2) is 36.4 Å². The zero-order valence-corrected chi connectivity index (χ0v) is 16.1. The molecule has 0 aliphatic carbocycles. The van der Waals surface area contributed by atoms with Crippen LogP contribution in [0.4, 0.5) is 0 Å². The number of hydrogen-bond donors (Lipinski definition) is 1. The first-order valence-corrected chi connectivity index (χ1v) is 9.06. The van der Waals surface area contributed by atoms with Crippen molar-refractivity contribution in [3.63, 3.8) is 0 Å². The molecule has 0 radical (unpaired) electrons. The summed E-state index contributed by atoms with van der Waals surface area (Å²) >= 11 is 0. The molecule has 1 aromatic carbocycles. The van der Waals surface area contributed by atoms with E-state index < -0.39 is 0 Å². The highest BCUT2D eigenvalue weighted by molar-refractivity contribution is 5.95. The third kappa shape index (κ3) is 2.97. The number of rotatable bonds is 3. The number of carbonyl (C=O) groups is 1. The van der Waals surface area contributed by atoms with Crippen molar-refractivity contribution in [3.8, 4) is 11.3 Å². The zero-order valence-electron chi connectivity index (χ0n) is 16.1. The second kappa shape index (κ2) is 6.54. The molecule has 0 unspecified atom stereocenters. The molecular weight excluding hydrogens is 338 g/mol. The second-order valence-electron chi connectivity index (χ2n) is 7.07. The van der Waals surface area contributed by atoms with Crippen LogP contribution in [0.25, 0.3) is 16.8 Å². The van der Waals surface area contributed by atoms with Gasteiger partial charge in [-0.2, -0.15) is 10.2 Å². The molecule has 0 atom stereocenters. The van der Waals surface area contributed by atoms with Gasteiger partial charge in [-0.05, 0) is 43.5 Å². The lowest BCUT2D eigenvalue weighted by atomic mass is 10.0. The van der Waals surface area contributed by atoms with E-state index in [1.807, 2.05) is 48.7 Å². The lowest BCUT2D eigenvalue weighted by Gasteiger charge is -2.16. The number of aromatic amines is 1. The fourth-order valence-corrected chi connectivity index (χ4v) is 3.71. The molecule has 0 spiro atoms. The maximum atomic E-state index is 12.9. The van der Waals surface area contributed by atoms with Crippen molar-refractivity contribution in [3.05, 3.63) is 64.6 Å². The van der Waals surface area contributed by atoms with Crippen LogP contribution in [0.5, 0.6) is 0 Å². The monoisotopic (exact) mass is 361 g/mol. The van der Waals surface area contributed by atoms with Gasteiger partial charge in [0.2, 0.25) is 0 Å². The molecule has 0 bridgehead atoms. The minimum absolute atomic E-state index is 0.0345. The molecule has 0 saturated carbocycles. The van der Waals surface area contributed by atoms with Crippen LogP contribution in [0.3, 0.4) is 0 Å². The number of nitrogens with one attached hydrogen (secondary N) is 1. The molecule has 1 aliphatic rings. The summed E-state index contributed by atoms with van der Waals surface area (Å²) in [4.78, 5) is 14.8. The van der Waals surface area contributed by atoms with E-state index >= 15 is 0 Å². The van der Waals surface area contributed by atoms with Crippen molar-refractivity contribution in [1.29, 1.82) is 0 Å². The molecule has 3 heterocycles. The molecular formula is C21H23N5O. The van der Waals surface area contributed by atoms with E-state index in [1.165, 1.54) is 16.7 Å². The molecule has 138 valence electrons. The lowest BCUT2D eigenvalue weighted by molar-refractivity contribution is 0.0795. The molecule has 1 N–H and O–H groups in total. The largest absolute Gasteiger partial charge is 0.329 e. The standard InChI is InChI=1S/C21H23N5O/c1-13-7-5-6-8-17(13)16-9-10-26(12-16)21(27)19-11-18(22-23-19)20-14(2)24-25(4)15(20)3/h5-9,11H,10,12H2,1-4H3,(H,22,23). The second-order valence-corrected chi connectivity index (χ2v) is 7.07. The Morgan fingerprint density at radius 3 is 2.67 bits per heavy atom. The lowest BCUT2D eigenvalue weighted by Crippen LogP contribution is -2.29. The van der Waals surface area contributed by atoms with E-state index in [9.17, 15) is 4.79 Å². The summed E-state index contributed by atoms with van der Waals surface area (Å²) in [6, 6.07) is 10.1. The van der Waals surface area contributed by atoms with E-state index in [1.54, 1.807) is 0 Å². The van der Waals surface area contributed by atoms with Crippen molar-refractivity contribution >= 4 is 11.5 Å². The summed E-state index contributed by atoms with van der Waals surface area (Å²) in [6.07, 6.45) is 2.13. The fourth-order valence-electron chi connectivity index (χ4n) is 3.71. The molecule has 6 nitrogen and oxygen atoms in total. The van der Waals surface area contributed by atoms with E-state index in [0.717, 1.165) is 22.6 Å². The molecule has 27 heavy (non-hydrogen) atoms. The molecule has 4 rings (SSSR count). The number of amides is 1. The average molecular weight is 361 g/mol. The van der Waals surface area contributed by atoms with E-state index in [2.05, 4.69) is 40.4 Å². The van der Waals surface area contributed by atoms with Crippen LogP contribution in [-0.2, 0) is 7.05 Å². The SMILES string of the molecule is Cc1ccccc1C1=CCN(C(=O)c2cc(-c3c(C)nn(C)c3C)n[nH]2)C1. The Labute approximate surface area is 158 Å². The van der Waals surface area contributed by atoms with Crippen molar-refractivity contribution < 1.29 is 4.79 Å². The van der Waals surface area contributed by atoms with Crippen molar-refractivity contribution in [2.75, 3.05) is 13.1 Å². The Hall–Kier alpha value is -3.15. The average Bonchev–Trinajstić information content (AvgIpc) is 3.35. The number of carbonyl (C=O) groups excluding carboxylic acids is 1. The van der Waals surface area contributed by atoms with Crippen LogP contribution in [0.1, 0.15) is 33.0 Å². The maximum absolute atomic E-state index is 12.9. The van der Waals surface area contributed by atoms with Crippen LogP contribution in [0.2, 0.25) is 0 Å². The zero-order chi connectivity index (χ0) is 19.1. The van der Waals surface area contributed by atoms with Crippen LogP contribution in [-0.4, -0.2) is 43.9 Å². The number of nitrogens with zero attached hydrogens (tertiary/aromatic N) is 4. The van der Waals surface area contributed by atoms with Gasteiger partial charge < -0.3 is 4.90 Å². The minimum atomic E-state index is -0.0345. The Morgan fingerprint density at radius 2 is 1.96 bits per heavy atom. The van der Waals surface area contributed by atoms with Gasteiger partial charge in [0.05, 0.1) is 11.4 Å². The number of aryl methyl sites for hydroxylation is 3. The highest BCUT2D eigenvalue weighted by Gasteiger charge is 2.24. The van der Waals surface area contributed by atoms with Gasteiger partial charge in [-0.15, -0.1) is 0 Å². The molecule has 1 aliphatic heterocycles. The first kappa shape index (κ1) is 17.3. The van der Waals surface area contributed by atoms with Crippen molar-refractivity contribution in [2.45, 2.75) is 20.8 Å². The van der Waals surface area contributed by atoms with Gasteiger partial charge in [-0.25, -0.2) is 0 Å². The molecule has 3 aromatic rings. The van der Waals surface area contributed by atoms with Gasteiger partial charge in [-0.3, -0.25) is 14.6 Å². The minimum Gasteiger partial charge on any atom is -0.329 e. The highest BCUT2D eigenvalue weighted by Crippen LogP contribution is 2.27. The number of aromatic nitrogens is 4. The van der Waals surface area contributed by atoms with Crippen LogP contribution < -0.4 is 0 Å². The summed E-state index contributed by atoms with van der Waals surface area (Å²) in [5.41, 5.74) is 7.81. The number of benzene rings is 1. The van der Waals surface area contributed by atoms with Crippen LogP contribution >= 0.6 is 0 Å². The van der Waals surface area contributed by atoms with E-state index in [-0.39, 0.29) is 5.91 Å². The van der Waals surface area contributed by atoms with Gasteiger partial charge in [-0.1, -0.05) is 30.3 Å². The first-order chi connectivity index (χ1) is 13.0. The molecule has 0 fully saturated rings. The van der Waals surface area contributed by atoms with E-state index in [4.69, 9.17) is 0 Å². The Kier molecular flexibility index (Phi) is 4.18. The summed E-state index contributed by atoms with van der Waals surface area (Å²) in [6.45, 7) is 7.28. The smallest absolute Gasteiger partial charge is 0.272 e. The third-order valence-corrected chi connectivity index (χ3v) is 5.27. The number of hydrogen-bond acceptors (Lipinski definition) is 3. The third-order valence-electron chi connectivity index (χ3n) is 5.27. The predicted molar refractivity (Wildman–Crippen MR) is 105 cm³/mol. The molecule has 2 aromatic heterocycles. The predicted octanol–water partition coefficient (Wildman–Crippen LogP) is 3.27.